The predicted octanol–water partition coefficient (Wildman–Crippen LogP) is 8.13. The number of hydrogen-bond acceptors (Lipinski definition) is 3. The van der Waals surface area contributed by atoms with Crippen LogP contribution >= 0.6 is 23.2 Å². The monoisotopic (exact) mass is 502 g/mol. The second kappa shape index (κ2) is 9.46. The average molecular weight is 503 g/mol. The SMILES string of the molecule is Oc1c(Cl)cc(-c2ccc3ncc(CC4CC4)c(-c4ccc(CN5CCCC5)cc4)c3c2)cc1Cl. The lowest BCUT2D eigenvalue weighted by Gasteiger charge is -2.17. The highest BCUT2D eigenvalue weighted by atomic mass is 35.5. The quantitative estimate of drug-likeness (QED) is 0.289. The van der Waals surface area contributed by atoms with E-state index in [0.717, 1.165) is 40.9 Å². The molecule has 2 fully saturated rings. The number of rotatable bonds is 6. The van der Waals surface area contributed by atoms with Crippen LogP contribution in [0.15, 0.2) is 60.8 Å². The fraction of sp³-hybridized carbons (Fsp3) is 0.300. The van der Waals surface area contributed by atoms with Gasteiger partial charge in [0.25, 0.3) is 0 Å². The standard InChI is InChI=1S/C30H28Cl2N2O/c31-26-15-23(16-27(32)30(26)35)22-9-10-28-25(14-22)29(24(17-33-28)13-19-3-4-19)21-7-5-20(6-8-21)18-34-11-1-2-12-34/h5-10,14-17,19,35H,1-4,11-13,18H2. The van der Waals surface area contributed by atoms with Crippen molar-refractivity contribution in [3.8, 4) is 28.0 Å². The van der Waals surface area contributed by atoms with Crippen LogP contribution in [0, 0.1) is 5.92 Å². The van der Waals surface area contributed by atoms with Gasteiger partial charge in [0, 0.05) is 18.1 Å². The molecule has 2 heterocycles. The van der Waals surface area contributed by atoms with Crippen molar-refractivity contribution in [2.75, 3.05) is 13.1 Å². The third kappa shape index (κ3) is 4.78. The first-order chi connectivity index (χ1) is 17.0. The summed E-state index contributed by atoms with van der Waals surface area (Å²) in [6, 6.07) is 18.9. The van der Waals surface area contributed by atoms with Crippen LogP contribution in [0.2, 0.25) is 10.0 Å². The van der Waals surface area contributed by atoms with E-state index in [2.05, 4.69) is 47.5 Å². The van der Waals surface area contributed by atoms with E-state index in [1.54, 1.807) is 12.1 Å². The maximum absolute atomic E-state index is 10.0. The zero-order valence-electron chi connectivity index (χ0n) is 19.6. The van der Waals surface area contributed by atoms with Crippen molar-refractivity contribution in [3.63, 3.8) is 0 Å². The summed E-state index contributed by atoms with van der Waals surface area (Å²) in [7, 11) is 0. The summed E-state index contributed by atoms with van der Waals surface area (Å²) >= 11 is 12.5. The van der Waals surface area contributed by atoms with Gasteiger partial charge in [-0.1, -0.05) is 53.5 Å². The Balaban J connectivity index is 1.44. The first-order valence-electron chi connectivity index (χ1n) is 12.5. The van der Waals surface area contributed by atoms with Crippen molar-refractivity contribution in [3.05, 3.63) is 82.0 Å². The van der Waals surface area contributed by atoms with E-state index >= 15 is 0 Å². The van der Waals surface area contributed by atoms with E-state index in [1.165, 1.54) is 61.0 Å². The molecule has 1 N–H and O–H groups in total. The number of likely N-dealkylation sites (tertiary alicyclic amines) is 1. The Bertz CT molecular complexity index is 1370. The van der Waals surface area contributed by atoms with Crippen LogP contribution in [0.1, 0.15) is 36.8 Å². The first kappa shape index (κ1) is 22.8. The smallest absolute Gasteiger partial charge is 0.152 e. The molecule has 1 aromatic heterocycles. The van der Waals surface area contributed by atoms with Crippen LogP contribution in [0.3, 0.4) is 0 Å². The minimum atomic E-state index is -0.0824. The van der Waals surface area contributed by atoms with Crippen LogP contribution < -0.4 is 0 Å². The highest BCUT2D eigenvalue weighted by Crippen LogP contribution is 2.41. The second-order valence-electron chi connectivity index (χ2n) is 10.0. The summed E-state index contributed by atoms with van der Waals surface area (Å²) in [5.41, 5.74) is 8.03. The maximum Gasteiger partial charge on any atom is 0.152 e. The van der Waals surface area contributed by atoms with Gasteiger partial charge in [-0.25, -0.2) is 0 Å². The number of phenols is 1. The van der Waals surface area contributed by atoms with Gasteiger partial charge < -0.3 is 5.11 Å². The number of pyridine rings is 1. The lowest BCUT2D eigenvalue weighted by Crippen LogP contribution is -2.18. The molecule has 0 amide bonds. The normalized spacial score (nSPS) is 16.3. The summed E-state index contributed by atoms with van der Waals surface area (Å²) in [6.45, 7) is 3.44. The Labute approximate surface area is 216 Å². The van der Waals surface area contributed by atoms with Crippen LogP contribution in [-0.4, -0.2) is 28.1 Å². The number of aromatic hydroxyl groups is 1. The van der Waals surface area contributed by atoms with Gasteiger partial charge >= 0.3 is 0 Å². The average Bonchev–Trinajstić information content (AvgIpc) is 3.54. The van der Waals surface area contributed by atoms with Gasteiger partial charge in [-0.3, -0.25) is 9.88 Å². The van der Waals surface area contributed by atoms with Crippen molar-refractivity contribution in [2.24, 2.45) is 5.92 Å². The minimum absolute atomic E-state index is 0.0824. The molecular formula is C30H28Cl2N2O. The third-order valence-corrected chi connectivity index (χ3v) is 7.93. The molecule has 5 heteroatoms. The molecule has 4 aromatic rings. The van der Waals surface area contributed by atoms with Crippen LogP contribution in [-0.2, 0) is 13.0 Å². The fourth-order valence-corrected chi connectivity index (χ4v) is 5.74. The van der Waals surface area contributed by atoms with Crippen molar-refractivity contribution < 1.29 is 5.11 Å². The molecule has 35 heavy (non-hydrogen) atoms. The highest BCUT2D eigenvalue weighted by Gasteiger charge is 2.24. The molecule has 6 rings (SSSR count). The van der Waals surface area contributed by atoms with Crippen molar-refractivity contribution >= 4 is 34.1 Å². The first-order valence-corrected chi connectivity index (χ1v) is 13.2. The van der Waals surface area contributed by atoms with Gasteiger partial charge in [0.1, 0.15) is 0 Å². The van der Waals surface area contributed by atoms with Crippen LogP contribution in [0.4, 0.5) is 0 Å². The number of halogens is 2. The summed E-state index contributed by atoms with van der Waals surface area (Å²) in [5, 5.41) is 11.6. The lowest BCUT2D eigenvalue weighted by molar-refractivity contribution is 0.331. The van der Waals surface area contributed by atoms with Crippen molar-refractivity contribution in [1.29, 1.82) is 0 Å². The topological polar surface area (TPSA) is 36.4 Å². The Morgan fingerprint density at radius 1 is 0.857 bits per heavy atom. The van der Waals surface area contributed by atoms with Crippen LogP contribution in [0.25, 0.3) is 33.2 Å². The molecule has 0 bridgehead atoms. The maximum atomic E-state index is 10.0. The van der Waals surface area contributed by atoms with Gasteiger partial charge in [-0.05, 0) is 109 Å². The van der Waals surface area contributed by atoms with Gasteiger partial charge in [-0.2, -0.15) is 0 Å². The molecule has 2 aliphatic rings. The molecule has 0 unspecified atom stereocenters. The molecule has 1 saturated carbocycles. The molecule has 3 nitrogen and oxygen atoms in total. The van der Waals surface area contributed by atoms with Gasteiger partial charge in [0.15, 0.2) is 5.75 Å². The van der Waals surface area contributed by atoms with Gasteiger partial charge in [0.2, 0.25) is 0 Å². The number of benzene rings is 3. The Morgan fingerprint density at radius 3 is 2.23 bits per heavy atom. The van der Waals surface area contributed by atoms with E-state index < -0.39 is 0 Å². The summed E-state index contributed by atoms with van der Waals surface area (Å²) in [6.07, 6.45) is 8.36. The van der Waals surface area contributed by atoms with E-state index in [0.29, 0.717) is 0 Å². The minimum Gasteiger partial charge on any atom is -0.505 e. The highest BCUT2D eigenvalue weighted by molar-refractivity contribution is 6.37. The Kier molecular flexibility index (Phi) is 6.18. The fourth-order valence-electron chi connectivity index (χ4n) is 5.25. The second-order valence-corrected chi connectivity index (χ2v) is 10.8. The van der Waals surface area contributed by atoms with Gasteiger partial charge in [-0.15, -0.1) is 0 Å². The molecule has 0 spiro atoms. The third-order valence-electron chi connectivity index (χ3n) is 7.35. The molecule has 178 valence electrons. The van der Waals surface area contributed by atoms with Gasteiger partial charge in [0.05, 0.1) is 15.6 Å². The molecular weight excluding hydrogens is 475 g/mol. The number of fused-ring (bicyclic) bond motifs is 1. The molecule has 3 aromatic carbocycles. The van der Waals surface area contributed by atoms with Crippen molar-refractivity contribution in [2.45, 2.75) is 38.6 Å². The number of phenolic OH excluding ortho intramolecular Hbond substituents is 1. The van der Waals surface area contributed by atoms with E-state index in [1.807, 2.05) is 6.07 Å². The molecule has 1 aliphatic heterocycles. The number of aromatic nitrogens is 1. The van der Waals surface area contributed by atoms with E-state index in [9.17, 15) is 5.11 Å². The van der Waals surface area contributed by atoms with E-state index in [-0.39, 0.29) is 15.8 Å². The molecule has 0 radical (unpaired) electrons. The van der Waals surface area contributed by atoms with Crippen LogP contribution in [0.5, 0.6) is 5.75 Å². The Morgan fingerprint density at radius 2 is 1.54 bits per heavy atom. The number of hydrogen-bond donors (Lipinski definition) is 1. The molecule has 1 saturated heterocycles. The zero-order chi connectivity index (χ0) is 23.9. The molecule has 0 atom stereocenters. The summed E-state index contributed by atoms with van der Waals surface area (Å²) in [4.78, 5) is 7.36. The summed E-state index contributed by atoms with van der Waals surface area (Å²) in [5.74, 6) is 0.682. The lowest BCUT2D eigenvalue weighted by atomic mass is 9.91. The summed E-state index contributed by atoms with van der Waals surface area (Å²) < 4.78 is 0. The Hall–Kier alpha value is -2.59. The largest absolute Gasteiger partial charge is 0.505 e. The predicted molar refractivity (Wildman–Crippen MR) is 145 cm³/mol. The molecule has 1 aliphatic carbocycles. The zero-order valence-corrected chi connectivity index (χ0v) is 21.1. The van der Waals surface area contributed by atoms with Crippen molar-refractivity contribution in [1.82, 2.24) is 9.88 Å². The number of nitrogens with zero attached hydrogens (tertiary/aromatic N) is 2. The van der Waals surface area contributed by atoms with E-state index in [4.69, 9.17) is 28.2 Å².